The minimum atomic E-state index is -1.09. The van der Waals surface area contributed by atoms with E-state index in [4.69, 9.17) is 4.74 Å². The fourth-order valence-electron chi connectivity index (χ4n) is 2.31. The summed E-state index contributed by atoms with van der Waals surface area (Å²) >= 11 is 0. The van der Waals surface area contributed by atoms with Crippen LogP contribution in [0.1, 0.15) is 21.8 Å². The normalized spacial score (nSPS) is 12.6. The molecular formula is C19H24N2O2Si. The van der Waals surface area contributed by atoms with Gasteiger partial charge in [-0.2, -0.15) is 5.26 Å². The number of carbonyl (C=O) groups excluding carboxylic acids is 1. The molecule has 0 aliphatic heterocycles. The van der Waals surface area contributed by atoms with E-state index in [2.05, 4.69) is 25.7 Å². The Kier molecular flexibility index (Phi) is 6.13. The van der Waals surface area contributed by atoms with Crippen LogP contribution in [-0.2, 0) is 11.5 Å². The Morgan fingerprint density at radius 3 is 2.58 bits per heavy atom. The Hall–Kier alpha value is -2.16. The molecule has 0 aliphatic rings. The summed E-state index contributed by atoms with van der Waals surface area (Å²) in [7, 11) is -1.09. The van der Waals surface area contributed by atoms with Gasteiger partial charge in [0.05, 0.1) is 6.07 Å². The molecule has 1 heterocycles. The van der Waals surface area contributed by atoms with E-state index in [0.29, 0.717) is 12.3 Å². The molecule has 0 fully saturated rings. The molecule has 0 N–H and O–H groups in total. The lowest BCUT2D eigenvalue weighted by molar-refractivity contribution is 0.0871. The van der Waals surface area contributed by atoms with Crippen LogP contribution in [-0.4, -0.2) is 25.0 Å². The maximum atomic E-state index is 12.6. The SMILES string of the molecule is C[Si](C)(C)CCOCn1ccc(C(=O)C(C#N)c2ccccc2)c1. The van der Waals surface area contributed by atoms with E-state index in [1.165, 1.54) is 0 Å². The van der Waals surface area contributed by atoms with Gasteiger partial charge in [-0.3, -0.25) is 4.79 Å². The van der Waals surface area contributed by atoms with Crippen LogP contribution in [0.3, 0.4) is 0 Å². The fraction of sp³-hybridized carbons (Fsp3) is 0.368. The molecule has 0 saturated carbocycles. The third kappa shape index (κ3) is 5.19. The van der Waals surface area contributed by atoms with E-state index in [1.54, 1.807) is 12.3 Å². The van der Waals surface area contributed by atoms with E-state index in [9.17, 15) is 10.1 Å². The average Bonchev–Trinajstić information content (AvgIpc) is 3.01. The molecule has 0 amide bonds. The molecule has 0 spiro atoms. The van der Waals surface area contributed by atoms with Crippen LogP contribution < -0.4 is 0 Å². The summed E-state index contributed by atoms with van der Waals surface area (Å²) in [6.07, 6.45) is 3.57. The molecule has 1 aromatic carbocycles. The van der Waals surface area contributed by atoms with Gasteiger partial charge in [-0.1, -0.05) is 50.0 Å². The summed E-state index contributed by atoms with van der Waals surface area (Å²) in [6, 6.07) is 14.1. The molecule has 0 saturated heterocycles. The number of ketones is 1. The predicted octanol–water partition coefficient (Wildman–Crippen LogP) is 4.29. The molecule has 2 aromatic rings. The summed E-state index contributed by atoms with van der Waals surface area (Å²) in [4.78, 5) is 12.6. The zero-order chi connectivity index (χ0) is 17.6. The molecular weight excluding hydrogens is 316 g/mol. The first kappa shape index (κ1) is 18.2. The highest BCUT2D eigenvalue weighted by Gasteiger charge is 2.22. The number of ether oxygens (including phenoxy) is 1. The van der Waals surface area contributed by atoms with Crippen LogP contribution in [0.4, 0.5) is 0 Å². The molecule has 24 heavy (non-hydrogen) atoms. The molecule has 5 heteroatoms. The van der Waals surface area contributed by atoms with Crippen molar-refractivity contribution >= 4 is 13.9 Å². The first-order valence-electron chi connectivity index (χ1n) is 8.13. The second-order valence-electron chi connectivity index (χ2n) is 7.10. The lowest BCUT2D eigenvalue weighted by atomic mass is 9.93. The van der Waals surface area contributed by atoms with E-state index in [-0.39, 0.29) is 5.78 Å². The Morgan fingerprint density at radius 1 is 1.25 bits per heavy atom. The Bertz CT molecular complexity index is 711. The van der Waals surface area contributed by atoms with Gasteiger partial charge >= 0.3 is 0 Å². The van der Waals surface area contributed by atoms with Gasteiger partial charge in [0.15, 0.2) is 5.78 Å². The highest BCUT2D eigenvalue weighted by atomic mass is 28.3. The van der Waals surface area contributed by atoms with E-state index in [1.807, 2.05) is 41.1 Å². The number of Topliss-reactive ketones (excluding diaryl/α,β-unsaturated/α-hetero) is 1. The first-order chi connectivity index (χ1) is 11.4. The Labute approximate surface area is 144 Å². The minimum absolute atomic E-state index is 0.176. The minimum Gasteiger partial charge on any atom is -0.361 e. The number of hydrogen-bond donors (Lipinski definition) is 0. The van der Waals surface area contributed by atoms with E-state index < -0.39 is 14.0 Å². The quantitative estimate of drug-likeness (QED) is 0.409. The zero-order valence-electron chi connectivity index (χ0n) is 14.5. The molecule has 2 rings (SSSR count). The first-order valence-corrected chi connectivity index (χ1v) is 11.8. The summed E-state index contributed by atoms with van der Waals surface area (Å²) < 4.78 is 7.53. The van der Waals surface area contributed by atoms with Crippen LogP contribution in [0.5, 0.6) is 0 Å². The van der Waals surface area contributed by atoms with Gasteiger partial charge in [-0.25, -0.2) is 0 Å². The molecule has 0 radical (unpaired) electrons. The van der Waals surface area contributed by atoms with Crippen LogP contribution in [0, 0.1) is 11.3 Å². The van der Waals surface area contributed by atoms with Crippen molar-refractivity contribution in [1.82, 2.24) is 4.57 Å². The highest BCUT2D eigenvalue weighted by molar-refractivity contribution is 6.76. The third-order valence-corrected chi connectivity index (χ3v) is 5.50. The fourth-order valence-corrected chi connectivity index (χ4v) is 3.07. The van der Waals surface area contributed by atoms with Crippen LogP contribution >= 0.6 is 0 Å². The Balaban J connectivity index is 1.97. The van der Waals surface area contributed by atoms with Crippen molar-refractivity contribution in [2.75, 3.05) is 6.61 Å². The van der Waals surface area contributed by atoms with Gasteiger partial charge in [0.1, 0.15) is 12.6 Å². The second kappa shape index (κ2) is 8.09. The maximum absolute atomic E-state index is 12.6. The number of rotatable bonds is 8. The van der Waals surface area contributed by atoms with Crippen LogP contribution in [0.15, 0.2) is 48.8 Å². The molecule has 0 aliphatic carbocycles. The van der Waals surface area contributed by atoms with Crippen molar-refractivity contribution in [2.45, 2.75) is 38.3 Å². The zero-order valence-corrected chi connectivity index (χ0v) is 15.5. The number of aromatic nitrogens is 1. The van der Waals surface area contributed by atoms with Gasteiger partial charge in [0.25, 0.3) is 0 Å². The van der Waals surface area contributed by atoms with Gasteiger partial charge in [-0.15, -0.1) is 0 Å². The smallest absolute Gasteiger partial charge is 0.185 e. The van der Waals surface area contributed by atoms with Crippen molar-refractivity contribution in [2.24, 2.45) is 0 Å². The van der Waals surface area contributed by atoms with Crippen molar-refractivity contribution in [3.63, 3.8) is 0 Å². The second-order valence-corrected chi connectivity index (χ2v) is 12.7. The molecule has 0 bridgehead atoms. The van der Waals surface area contributed by atoms with E-state index in [0.717, 1.165) is 18.2 Å². The molecule has 4 nitrogen and oxygen atoms in total. The summed E-state index contributed by atoms with van der Waals surface area (Å²) in [5, 5.41) is 9.37. The van der Waals surface area contributed by atoms with Crippen molar-refractivity contribution in [1.29, 1.82) is 5.26 Å². The lowest BCUT2D eigenvalue weighted by Gasteiger charge is -2.15. The van der Waals surface area contributed by atoms with Crippen LogP contribution in [0.2, 0.25) is 25.7 Å². The average molecular weight is 340 g/mol. The molecule has 1 unspecified atom stereocenters. The number of nitrogens with zero attached hydrogens (tertiary/aromatic N) is 2. The Morgan fingerprint density at radius 2 is 1.96 bits per heavy atom. The molecule has 1 aromatic heterocycles. The number of hydrogen-bond acceptors (Lipinski definition) is 3. The summed E-state index contributed by atoms with van der Waals surface area (Å²) in [5.74, 6) is -0.945. The maximum Gasteiger partial charge on any atom is 0.185 e. The third-order valence-electron chi connectivity index (χ3n) is 3.80. The predicted molar refractivity (Wildman–Crippen MR) is 97.7 cm³/mol. The van der Waals surface area contributed by atoms with Gasteiger partial charge in [-0.05, 0) is 17.7 Å². The van der Waals surface area contributed by atoms with Crippen molar-refractivity contribution in [3.8, 4) is 6.07 Å². The number of benzene rings is 1. The number of carbonyl (C=O) groups is 1. The standard InChI is InChI=1S/C19H24N2O2Si/c1-24(2,3)12-11-23-15-21-10-9-17(14-21)19(22)18(13-20)16-7-5-4-6-8-16/h4-10,14,18H,11-12,15H2,1-3H3. The van der Waals surface area contributed by atoms with E-state index >= 15 is 0 Å². The summed E-state index contributed by atoms with van der Waals surface area (Å²) in [6.45, 7) is 8.11. The van der Waals surface area contributed by atoms with Crippen LogP contribution in [0.25, 0.3) is 0 Å². The van der Waals surface area contributed by atoms with Gasteiger partial charge < -0.3 is 9.30 Å². The summed E-state index contributed by atoms with van der Waals surface area (Å²) in [5.41, 5.74) is 1.27. The van der Waals surface area contributed by atoms with Crippen molar-refractivity contribution in [3.05, 3.63) is 59.9 Å². The van der Waals surface area contributed by atoms with Gasteiger partial charge in [0, 0.05) is 32.6 Å². The highest BCUT2D eigenvalue weighted by Crippen LogP contribution is 2.20. The lowest BCUT2D eigenvalue weighted by Crippen LogP contribution is -2.21. The number of nitriles is 1. The topological polar surface area (TPSA) is 55.0 Å². The van der Waals surface area contributed by atoms with Crippen molar-refractivity contribution < 1.29 is 9.53 Å². The largest absolute Gasteiger partial charge is 0.361 e. The van der Waals surface area contributed by atoms with Gasteiger partial charge in [0.2, 0.25) is 0 Å². The monoisotopic (exact) mass is 340 g/mol. The molecule has 1 atom stereocenters. The molecule has 126 valence electrons.